The number of fused-ring (bicyclic) bond motifs is 1. The molecule has 1 aliphatic rings. The van der Waals surface area contributed by atoms with E-state index in [9.17, 15) is 4.79 Å². The third-order valence-corrected chi connectivity index (χ3v) is 4.44. The molecule has 1 N–H and O–H groups in total. The van der Waals surface area contributed by atoms with E-state index < -0.39 is 0 Å². The summed E-state index contributed by atoms with van der Waals surface area (Å²) in [4.78, 5) is 12.2. The number of aryl methyl sites for hydroxylation is 1. The van der Waals surface area contributed by atoms with Crippen molar-refractivity contribution in [2.75, 3.05) is 13.2 Å². The highest BCUT2D eigenvalue weighted by Gasteiger charge is 2.21. The molecule has 132 valence electrons. The molecule has 1 unspecified atom stereocenters. The van der Waals surface area contributed by atoms with Crippen LogP contribution in [-0.2, 0) is 11.2 Å². The molecule has 1 aliphatic carbocycles. The van der Waals surface area contributed by atoms with Crippen molar-refractivity contribution in [1.29, 1.82) is 0 Å². The summed E-state index contributed by atoms with van der Waals surface area (Å²) in [5, 5.41) is 3.15. The van der Waals surface area contributed by atoms with Crippen LogP contribution in [0.5, 0.6) is 11.5 Å². The maximum Gasteiger partial charge on any atom is 0.223 e. The fourth-order valence-electron chi connectivity index (χ4n) is 3.23. The molecule has 0 saturated heterocycles. The van der Waals surface area contributed by atoms with Gasteiger partial charge in [-0.3, -0.25) is 4.79 Å². The second-order valence-electron chi connectivity index (χ2n) is 6.21. The number of amides is 1. The maximum atomic E-state index is 12.2. The predicted molar refractivity (Wildman–Crippen MR) is 98.0 cm³/mol. The van der Waals surface area contributed by atoms with Crippen molar-refractivity contribution in [3.63, 3.8) is 0 Å². The highest BCUT2D eigenvalue weighted by Crippen LogP contribution is 2.29. The van der Waals surface area contributed by atoms with Gasteiger partial charge in [0.25, 0.3) is 0 Å². The number of nitrogens with one attached hydrogen (secondary N) is 1. The fraction of sp³-hybridized carbons (Fsp3) is 0.381. The quantitative estimate of drug-likeness (QED) is 0.828. The number of carbonyl (C=O) groups excluding carboxylic acids is 1. The Morgan fingerprint density at radius 2 is 1.80 bits per heavy atom. The number of carbonyl (C=O) groups is 1. The summed E-state index contributed by atoms with van der Waals surface area (Å²) in [5.41, 5.74) is 2.61. The predicted octanol–water partition coefficient (Wildman–Crippen LogP) is 4.05. The molecule has 0 radical (unpaired) electrons. The van der Waals surface area contributed by atoms with Gasteiger partial charge in [-0.2, -0.15) is 0 Å². The first kappa shape index (κ1) is 17.3. The highest BCUT2D eigenvalue weighted by atomic mass is 16.5. The largest absolute Gasteiger partial charge is 0.494 e. The minimum absolute atomic E-state index is 0.0349. The molecule has 0 fully saturated rings. The van der Waals surface area contributed by atoms with E-state index in [2.05, 4.69) is 23.5 Å². The molecule has 0 spiro atoms. The number of hydrogen-bond acceptors (Lipinski definition) is 3. The topological polar surface area (TPSA) is 47.6 Å². The summed E-state index contributed by atoms with van der Waals surface area (Å²) in [6.07, 6.45) is 3.57. The lowest BCUT2D eigenvalue weighted by molar-refractivity contribution is -0.122. The first-order valence-electron chi connectivity index (χ1n) is 8.99. The average molecular weight is 339 g/mol. The van der Waals surface area contributed by atoms with Crippen molar-refractivity contribution in [3.05, 3.63) is 59.7 Å². The molecule has 1 amide bonds. The first-order chi connectivity index (χ1) is 12.3. The SMILES string of the molecule is CCOc1ccc(OCCC(=O)NC2CCCc3ccccc32)cc1. The Morgan fingerprint density at radius 3 is 2.56 bits per heavy atom. The van der Waals surface area contributed by atoms with Gasteiger partial charge >= 0.3 is 0 Å². The van der Waals surface area contributed by atoms with Crippen LogP contribution in [0.2, 0.25) is 0 Å². The van der Waals surface area contributed by atoms with Gasteiger partial charge in [-0.1, -0.05) is 24.3 Å². The molecule has 0 aliphatic heterocycles. The standard InChI is InChI=1S/C21H25NO3/c1-2-24-17-10-12-18(13-11-17)25-15-14-21(23)22-20-9-5-7-16-6-3-4-8-19(16)20/h3-4,6,8,10-13,20H,2,5,7,9,14-15H2,1H3,(H,22,23). The summed E-state index contributed by atoms with van der Waals surface area (Å²) >= 11 is 0. The zero-order valence-electron chi connectivity index (χ0n) is 14.7. The molecule has 0 aromatic heterocycles. The van der Waals surface area contributed by atoms with Gasteiger partial charge in [0.2, 0.25) is 5.91 Å². The van der Waals surface area contributed by atoms with Crippen LogP contribution in [0, 0.1) is 0 Å². The summed E-state index contributed by atoms with van der Waals surface area (Å²) in [7, 11) is 0. The molecule has 0 bridgehead atoms. The van der Waals surface area contributed by atoms with Gasteiger partial charge in [-0.15, -0.1) is 0 Å². The molecule has 25 heavy (non-hydrogen) atoms. The van der Waals surface area contributed by atoms with Crippen LogP contribution < -0.4 is 14.8 Å². The lowest BCUT2D eigenvalue weighted by atomic mass is 9.88. The summed E-state index contributed by atoms with van der Waals surface area (Å²) in [6.45, 7) is 2.96. The lowest BCUT2D eigenvalue weighted by Gasteiger charge is -2.26. The van der Waals surface area contributed by atoms with Crippen LogP contribution in [0.4, 0.5) is 0 Å². The zero-order valence-corrected chi connectivity index (χ0v) is 14.7. The van der Waals surface area contributed by atoms with Gasteiger partial charge in [-0.25, -0.2) is 0 Å². The smallest absolute Gasteiger partial charge is 0.223 e. The van der Waals surface area contributed by atoms with Crippen molar-refractivity contribution >= 4 is 5.91 Å². The Hall–Kier alpha value is -2.49. The lowest BCUT2D eigenvalue weighted by Crippen LogP contribution is -2.31. The average Bonchev–Trinajstić information content (AvgIpc) is 2.64. The van der Waals surface area contributed by atoms with E-state index in [1.807, 2.05) is 37.3 Å². The third-order valence-electron chi connectivity index (χ3n) is 4.44. The molecule has 1 atom stereocenters. The molecule has 4 nitrogen and oxygen atoms in total. The van der Waals surface area contributed by atoms with Gasteiger partial charge in [0, 0.05) is 0 Å². The van der Waals surface area contributed by atoms with Crippen LogP contribution in [0.3, 0.4) is 0 Å². The van der Waals surface area contributed by atoms with E-state index in [0.29, 0.717) is 19.6 Å². The number of ether oxygens (including phenoxy) is 2. The number of benzene rings is 2. The van der Waals surface area contributed by atoms with Gasteiger partial charge in [0.15, 0.2) is 0 Å². The molecule has 0 saturated carbocycles. The molecule has 3 rings (SSSR count). The van der Waals surface area contributed by atoms with Gasteiger partial charge < -0.3 is 14.8 Å². The monoisotopic (exact) mass is 339 g/mol. The van der Waals surface area contributed by atoms with Crippen molar-refractivity contribution in [2.45, 2.75) is 38.6 Å². The van der Waals surface area contributed by atoms with Crippen molar-refractivity contribution in [1.82, 2.24) is 5.32 Å². The van der Waals surface area contributed by atoms with Crippen LogP contribution in [0.25, 0.3) is 0 Å². The molecule has 0 heterocycles. The van der Waals surface area contributed by atoms with E-state index in [4.69, 9.17) is 9.47 Å². The maximum absolute atomic E-state index is 12.2. The van der Waals surface area contributed by atoms with Crippen molar-refractivity contribution in [3.8, 4) is 11.5 Å². The minimum Gasteiger partial charge on any atom is -0.494 e. The van der Waals surface area contributed by atoms with Crippen molar-refractivity contribution in [2.24, 2.45) is 0 Å². The summed E-state index contributed by atoms with van der Waals surface area (Å²) in [5.74, 6) is 1.61. The Balaban J connectivity index is 1.46. The Labute approximate surface area is 149 Å². The molecule has 2 aromatic rings. The highest BCUT2D eigenvalue weighted by molar-refractivity contribution is 5.76. The van der Waals surface area contributed by atoms with Crippen LogP contribution in [0.1, 0.15) is 43.4 Å². The van der Waals surface area contributed by atoms with Gasteiger partial charge in [-0.05, 0) is 61.6 Å². The van der Waals surface area contributed by atoms with Crippen LogP contribution in [-0.4, -0.2) is 19.1 Å². The van der Waals surface area contributed by atoms with Gasteiger partial charge in [0.1, 0.15) is 11.5 Å². The second kappa shape index (κ2) is 8.56. The van der Waals surface area contributed by atoms with Gasteiger partial charge in [0.05, 0.1) is 25.7 Å². The van der Waals surface area contributed by atoms with E-state index >= 15 is 0 Å². The fourth-order valence-corrected chi connectivity index (χ4v) is 3.23. The van der Waals surface area contributed by atoms with E-state index in [1.54, 1.807) is 0 Å². The normalized spacial score (nSPS) is 16.0. The van der Waals surface area contributed by atoms with E-state index in [1.165, 1.54) is 11.1 Å². The first-order valence-corrected chi connectivity index (χ1v) is 8.99. The second-order valence-corrected chi connectivity index (χ2v) is 6.21. The molecular weight excluding hydrogens is 314 g/mol. The Kier molecular flexibility index (Phi) is 5.94. The van der Waals surface area contributed by atoms with E-state index in [-0.39, 0.29) is 11.9 Å². The van der Waals surface area contributed by atoms with Crippen LogP contribution in [0.15, 0.2) is 48.5 Å². The Morgan fingerprint density at radius 1 is 1.08 bits per heavy atom. The third kappa shape index (κ3) is 4.75. The van der Waals surface area contributed by atoms with Crippen molar-refractivity contribution < 1.29 is 14.3 Å². The number of hydrogen-bond donors (Lipinski definition) is 1. The zero-order chi connectivity index (χ0) is 17.5. The van der Waals surface area contributed by atoms with Crippen LogP contribution >= 0.6 is 0 Å². The summed E-state index contributed by atoms with van der Waals surface area (Å²) in [6, 6.07) is 16.0. The van der Waals surface area contributed by atoms with E-state index in [0.717, 1.165) is 30.8 Å². The molecule has 2 aromatic carbocycles. The minimum atomic E-state index is 0.0349. The molecule has 4 heteroatoms. The summed E-state index contributed by atoms with van der Waals surface area (Å²) < 4.78 is 11.0. The Bertz CT molecular complexity index is 697. The number of rotatable bonds is 7. The molecular formula is C21H25NO3.